The summed E-state index contributed by atoms with van der Waals surface area (Å²) >= 11 is 1.93. The van der Waals surface area contributed by atoms with E-state index in [2.05, 4.69) is 18.4 Å². The number of rotatable bonds is 2. The summed E-state index contributed by atoms with van der Waals surface area (Å²) in [7, 11) is 0. The highest BCUT2D eigenvalue weighted by Gasteiger charge is 2.55. The lowest BCUT2D eigenvalue weighted by Crippen LogP contribution is -2.38. The number of thioether (sulfide) groups is 1. The van der Waals surface area contributed by atoms with E-state index in [0.717, 1.165) is 17.9 Å². The van der Waals surface area contributed by atoms with E-state index in [4.69, 9.17) is 0 Å². The number of fused-ring (bicyclic) bond motifs is 2. The second-order valence-corrected chi connectivity index (χ2v) is 6.29. The van der Waals surface area contributed by atoms with Crippen LogP contribution in [0.2, 0.25) is 0 Å². The van der Waals surface area contributed by atoms with Crippen molar-refractivity contribution in [2.75, 3.05) is 6.26 Å². The van der Waals surface area contributed by atoms with Crippen LogP contribution in [-0.2, 0) is 5.60 Å². The maximum atomic E-state index is 10.9. The van der Waals surface area contributed by atoms with Crippen LogP contribution in [0.3, 0.4) is 0 Å². The number of hydrogen-bond acceptors (Lipinski definition) is 2. The summed E-state index contributed by atoms with van der Waals surface area (Å²) in [6.45, 7) is 0. The Hall–Kier alpha value is -0.470. The van der Waals surface area contributed by atoms with Crippen LogP contribution in [-0.4, -0.2) is 16.6 Å². The molecule has 1 nitrogen and oxygen atoms in total. The SMILES string of the molecule is CS[C@@H]1C[C@H]2C[C@@H]1[C@](O)(c1ccccc1)C2. The van der Waals surface area contributed by atoms with Crippen molar-refractivity contribution >= 4 is 11.8 Å². The van der Waals surface area contributed by atoms with Gasteiger partial charge in [-0.3, -0.25) is 0 Å². The second kappa shape index (κ2) is 3.78. The molecule has 2 saturated carbocycles. The number of hydrogen-bond donors (Lipinski definition) is 1. The van der Waals surface area contributed by atoms with Crippen LogP contribution in [0.5, 0.6) is 0 Å². The molecule has 0 radical (unpaired) electrons. The van der Waals surface area contributed by atoms with Crippen molar-refractivity contribution < 1.29 is 5.11 Å². The van der Waals surface area contributed by atoms with E-state index in [1.807, 2.05) is 30.0 Å². The first kappa shape index (κ1) is 10.7. The first-order valence-electron chi connectivity index (χ1n) is 6.05. The average molecular weight is 234 g/mol. The van der Waals surface area contributed by atoms with Gasteiger partial charge in [-0.15, -0.1) is 0 Å². The van der Waals surface area contributed by atoms with Gasteiger partial charge < -0.3 is 5.11 Å². The minimum Gasteiger partial charge on any atom is -0.385 e. The van der Waals surface area contributed by atoms with E-state index < -0.39 is 5.60 Å². The summed E-state index contributed by atoms with van der Waals surface area (Å²) in [5.41, 5.74) is 0.582. The Kier molecular flexibility index (Phi) is 2.52. The van der Waals surface area contributed by atoms with E-state index in [1.165, 1.54) is 12.8 Å². The molecule has 0 spiro atoms. The van der Waals surface area contributed by atoms with Crippen LogP contribution < -0.4 is 0 Å². The van der Waals surface area contributed by atoms with Gasteiger partial charge in [0, 0.05) is 11.2 Å². The van der Waals surface area contributed by atoms with Gasteiger partial charge in [0.1, 0.15) is 0 Å². The molecule has 2 heteroatoms. The van der Waals surface area contributed by atoms with Crippen LogP contribution in [0.1, 0.15) is 24.8 Å². The molecule has 0 amide bonds. The van der Waals surface area contributed by atoms with Crippen molar-refractivity contribution in [3.05, 3.63) is 35.9 Å². The molecule has 86 valence electrons. The summed E-state index contributed by atoms with van der Waals surface area (Å²) in [5, 5.41) is 11.6. The monoisotopic (exact) mass is 234 g/mol. The predicted molar refractivity (Wildman–Crippen MR) is 68.5 cm³/mol. The summed E-state index contributed by atoms with van der Waals surface area (Å²) in [6.07, 6.45) is 5.67. The molecular weight excluding hydrogens is 216 g/mol. The Bertz CT molecular complexity index is 378. The Morgan fingerprint density at radius 2 is 2.00 bits per heavy atom. The highest BCUT2D eigenvalue weighted by Crippen LogP contribution is 2.58. The third-order valence-electron chi connectivity index (χ3n) is 4.39. The van der Waals surface area contributed by atoms with Crippen molar-refractivity contribution in [1.82, 2.24) is 0 Å². The fourth-order valence-corrected chi connectivity index (χ4v) is 4.81. The van der Waals surface area contributed by atoms with Gasteiger partial charge in [0.25, 0.3) is 0 Å². The van der Waals surface area contributed by atoms with Gasteiger partial charge >= 0.3 is 0 Å². The average Bonchev–Trinajstić information content (AvgIpc) is 2.87. The van der Waals surface area contributed by atoms with Crippen LogP contribution in [0.15, 0.2) is 30.3 Å². The second-order valence-electron chi connectivity index (χ2n) is 5.21. The first-order valence-corrected chi connectivity index (χ1v) is 7.33. The van der Waals surface area contributed by atoms with Crippen LogP contribution in [0.4, 0.5) is 0 Å². The molecule has 2 bridgehead atoms. The molecule has 0 unspecified atom stereocenters. The van der Waals surface area contributed by atoms with Gasteiger partial charge in [0.15, 0.2) is 0 Å². The molecule has 1 N–H and O–H groups in total. The molecule has 0 aromatic heterocycles. The maximum Gasteiger partial charge on any atom is 0.0937 e. The zero-order valence-electron chi connectivity index (χ0n) is 9.60. The summed E-state index contributed by atoms with van der Waals surface area (Å²) in [5.74, 6) is 1.21. The lowest BCUT2D eigenvalue weighted by molar-refractivity contribution is -0.0155. The van der Waals surface area contributed by atoms with E-state index in [-0.39, 0.29) is 0 Å². The zero-order chi connectivity index (χ0) is 11.2. The van der Waals surface area contributed by atoms with Gasteiger partial charge in [0.2, 0.25) is 0 Å². The van der Waals surface area contributed by atoms with Crippen molar-refractivity contribution in [3.8, 4) is 0 Å². The lowest BCUT2D eigenvalue weighted by atomic mass is 9.79. The predicted octanol–water partition coefficient (Wildman–Crippen LogP) is 3.04. The van der Waals surface area contributed by atoms with Crippen molar-refractivity contribution in [1.29, 1.82) is 0 Å². The minimum absolute atomic E-state index is 0.467. The van der Waals surface area contributed by atoms with Crippen LogP contribution in [0.25, 0.3) is 0 Å². The molecule has 16 heavy (non-hydrogen) atoms. The van der Waals surface area contributed by atoms with Crippen LogP contribution in [0, 0.1) is 11.8 Å². The topological polar surface area (TPSA) is 20.2 Å². The van der Waals surface area contributed by atoms with Gasteiger partial charge in [-0.05, 0) is 37.0 Å². The highest BCUT2D eigenvalue weighted by molar-refractivity contribution is 7.99. The lowest BCUT2D eigenvalue weighted by Gasteiger charge is -2.37. The third kappa shape index (κ3) is 1.43. The Morgan fingerprint density at radius 1 is 1.25 bits per heavy atom. The van der Waals surface area contributed by atoms with E-state index >= 15 is 0 Å². The van der Waals surface area contributed by atoms with Crippen LogP contribution >= 0.6 is 11.8 Å². The normalized spacial score (nSPS) is 41.5. The molecular formula is C14H18OS. The van der Waals surface area contributed by atoms with Gasteiger partial charge in [0.05, 0.1) is 5.60 Å². The maximum absolute atomic E-state index is 10.9. The molecule has 2 aliphatic rings. The Balaban J connectivity index is 1.95. The molecule has 1 aromatic rings. The third-order valence-corrected chi connectivity index (χ3v) is 5.52. The van der Waals surface area contributed by atoms with Gasteiger partial charge in [-0.2, -0.15) is 11.8 Å². The summed E-state index contributed by atoms with van der Waals surface area (Å²) in [4.78, 5) is 0. The number of benzene rings is 1. The summed E-state index contributed by atoms with van der Waals surface area (Å²) in [6, 6.07) is 10.3. The number of aliphatic hydroxyl groups is 1. The highest BCUT2D eigenvalue weighted by atomic mass is 32.2. The smallest absolute Gasteiger partial charge is 0.0937 e. The molecule has 3 rings (SSSR count). The molecule has 0 heterocycles. The standard InChI is InChI=1S/C14H18OS/c1-16-13-8-10-7-12(13)14(15,9-10)11-5-3-2-4-6-11/h2-6,10,12-13,15H,7-9H2,1H3/t10-,12+,13-,14-/m1/s1. The fraction of sp³-hybridized carbons (Fsp3) is 0.571. The Labute approximate surface area is 101 Å². The van der Waals surface area contributed by atoms with E-state index in [0.29, 0.717) is 11.2 Å². The van der Waals surface area contributed by atoms with Crippen molar-refractivity contribution in [2.24, 2.45) is 11.8 Å². The molecule has 2 aliphatic carbocycles. The van der Waals surface area contributed by atoms with E-state index in [9.17, 15) is 5.11 Å². The molecule has 1 aromatic carbocycles. The fourth-order valence-electron chi connectivity index (χ4n) is 3.68. The summed E-state index contributed by atoms with van der Waals surface area (Å²) < 4.78 is 0. The molecule has 2 fully saturated rings. The largest absolute Gasteiger partial charge is 0.385 e. The van der Waals surface area contributed by atoms with Crippen molar-refractivity contribution in [2.45, 2.75) is 30.1 Å². The molecule has 0 saturated heterocycles. The quantitative estimate of drug-likeness (QED) is 0.848. The van der Waals surface area contributed by atoms with Gasteiger partial charge in [-0.25, -0.2) is 0 Å². The van der Waals surface area contributed by atoms with Gasteiger partial charge in [-0.1, -0.05) is 30.3 Å². The Morgan fingerprint density at radius 3 is 2.62 bits per heavy atom. The molecule has 0 aliphatic heterocycles. The van der Waals surface area contributed by atoms with Crippen molar-refractivity contribution in [3.63, 3.8) is 0 Å². The van der Waals surface area contributed by atoms with E-state index in [1.54, 1.807) is 0 Å². The minimum atomic E-state index is -0.544. The zero-order valence-corrected chi connectivity index (χ0v) is 10.4. The molecule has 4 atom stereocenters. The first-order chi connectivity index (χ1) is 7.74.